The largest absolute Gasteiger partial charge is 0.384 e. The summed E-state index contributed by atoms with van der Waals surface area (Å²) >= 11 is 11.1. The molecule has 23 heavy (non-hydrogen) atoms. The van der Waals surface area contributed by atoms with Crippen LogP contribution in [0.15, 0.2) is 27.7 Å². The van der Waals surface area contributed by atoms with Crippen molar-refractivity contribution in [3.8, 4) is 0 Å². The van der Waals surface area contributed by atoms with Crippen LogP contribution in [0.2, 0.25) is 5.15 Å². The van der Waals surface area contributed by atoms with E-state index in [2.05, 4.69) is 33.3 Å². The average Bonchev–Trinajstić information content (AvgIpc) is 2.89. The van der Waals surface area contributed by atoms with E-state index in [9.17, 15) is 0 Å². The van der Waals surface area contributed by atoms with Gasteiger partial charge in [-0.2, -0.15) is 0 Å². The number of aromatic nitrogens is 3. The summed E-state index contributed by atoms with van der Waals surface area (Å²) in [6, 6.07) is 3.91. The van der Waals surface area contributed by atoms with E-state index < -0.39 is 0 Å². The van der Waals surface area contributed by atoms with Gasteiger partial charge in [0.25, 0.3) is 0 Å². The van der Waals surface area contributed by atoms with Crippen LogP contribution in [0.1, 0.15) is 11.3 Å². The maximum absolute atomic E-state index is 6.28. The predicted octanol–water partition coefficient (Wildman–Crippen LogP) is 4.69. The fraction of sp³-hybridized carbons (Fsp3) is 0.267. The van der Waals surface area contributed by atoms with Crippen LogP contribution < -0.4 is 5.73 Å². The molecule has 3 aromatic heterocycles. The molecule has 3 aromatic rings. The molecule has 120 valence electrons. The number of fused-ring (bicyclic) bond motifs is 1. The summed E-state index contributed by atoms with van der Waals surface area (Å²) < 4.78 is 1.06. The molecule has 0 saturated heterocycles. The summed E-state index contributed by atoms with van der Waals surface area (Å²) in [5, 5.41) is 5.48. The van der Waals surface area contributed by atoms with Gasteiger partial charge in [-0.1, -0.05) is 23.4 Å². The van der Waals surface area contributed by atoms with Crippen LogP contribution in [-0.4, -0.2) is 27.0 Å². The van der Waals surface area contributed by atoms with Crippen molar-refractivity contribution in [3.63, 3.8) is 0 Å². The van der Waals surface area contributed by atoms with Gasteiger partial charge >= 0.3 is 0 Å². The van der Waals surface area contributed by atoms with Crippen molar-refractivity contribution < 1.29 is 0 Å². The second-order valence-electron chi connectivity index (χ2n) is 4.92. The van der Waals surface area contributed by atoms with Gasteiger partial charge in [0, 0.05) is 22.9 Å². The van der Waals surface area contributed by atoms with Crippen molar-refractivity contribution in [1.82, 2.24) is 15.0 Å². The molecule has 0 radical (unpaired) electrons. The first-order chi connectivity index (χ1) is 11.1. The average molecular weight is 383 g/mol. The van der Waals surface area contributed by atoms with Crippen molar-refractivity contribution in [1.29, 1.82) is 0 Å². The summed E-state index contributed by atoms with van der Waals surface area (Å²) in [5.41, 5.74) is 8.03. The molecule has 0 saturated carbocycles. The molecule has 0 aliphatic heterocycles. The first-order valence-corrected chi connectivity index (χ1v) is 10.4. The maximum Gasteiger partial charge on any atom is 0.190 e. The number of hydrogen-bond acceptors (Lipinski definition) is 7. The van der Waals surface area contributed by atoms with Gasteiger partial charge in [-0.15, -0.1) is 23.1 Å². The third-order valence-electron chi connectivity index (χ3n) is 3.26. The van der Waals surface area contributed by atoms with Gasteiger partial charge in [-0.05, 0) is 36.6 Å². The van der Waals surface area contributed by atoms with Crippen LogP contribution >= 0.6 is 46.5 Å². The molecule has 4 nitrogen and oxygen atoms in total. The van der Waals surface area contributed by atoms with Gasteiger partial charge in [0.1, 0.15) is 16.0 Å². The van der Waals surface area contributed by atoms with E-state index in [1.807, 2.05) is 6.26 Å². The molecule has 0 atom stereocenters. The van der Waals surface area contributed by atoms with E-state index >= 15 is 0 Å². The number of nitrogens with zero attached hydrogens (tertiary/aromatic N) is 3. The van der Waals surface area contributed by atoms with E-state index in [4.69, 9.17) is 17.3 Å². The number of thioether (sulfide) groups is 2. The van der Waals surface area contributed by atoms with E-state index in [0.717, 1.165) is 27.6 Å². The Morgan fingerprint density at radius 2 is 2.09 bits per heavy atom. The summed E-state index contributed by atoms with van der Waals surface area (Å²) in [5.74, 6) is 1.33. The minimum atomic E-state index is 0.503. The SMILES string of the molecule is CSc1cc(N)nc(SCCc2cc3c(C)csc3c(Cl)n2)n1. The highest BCUT2D eigenvalue weighted by Crippen LogP contribution is 2.31. The molecule has 0 aliphatic rings. The summed E-state index contributed by atoms with van der Waals surface area (Å²) in [4.78, 5) is 13.2. The lowest BCUT2D eigenvalue weighted by atomic mass is 10.2. The molecule has 0 bridgehead atoms. The van der Waals surface area contributed by atoms with Crippen molar-refractivity contribution in [3.05, 3.63) is 33.9 Å². The maximum atomic E-state index is 6.28. The quantitative estimate of drug-likeness (QED) is 0.299. The first kappa shape index (κ1) is 16.8. The lowest BCUT2D eigenvalue weighted by molar-refractivity contribution is 0.898. The van der Waals surface area contributed by atoms with Gasteiger partial charge in [0.05, 0.1) is 4.70 Å². The molecule has 3 rings (SSSR count). The van der Waals surface area contributed by atoms with E-state index in [1.165, 1.54) is 10.9 Å². The van der Waals surface area contributed by atoms with Crippen LogP contribution in [0.25, 0.3) is 10.1 Å². The molecular weight excluding hydrogens is 368 g/mol. The second kappa shape index (κ2) is 7.25. The van der Waals surface area contributed by atoms with Crippen molar-refractivity contribution >= 4 is 62.4 Å². The lowest BCUT2D eigenvalue weighted by Gasteiger charge is -2.05. The molecule has 0 fully saturated rings. The molecule has 0 spiro atoms. The highest BCUT2D eigenvalue weighted by Gasteiger charge is 2.09. The number of pyridine rings is 1. The molecule has 0 aromatic carbocycles. The van der Waals surface area contributed by atoms with Crippen LogP contribution in [0, 0.1) is 6.92 Å². The first-order valence-electron chi connectivity index (χ1n) is 6.91. The summed E-state index contributed by atoms with van der Waals surface area (Å²) in [6.45, 7) is 2.10. The number of anilines is 1. The van der Waals surface area contributed by atoms with Gasteiger partial charge in [-0.25, -0.2) is 15.0 Å². The second-order valence-corrected chi connectivity index (χ2v) is 8.04. The number of halogens is 1. The number of aryl methyl sites for hydroxylation is 2. The van der Waals surface area contributed by atoms with Gasteiger partial charge < -0.3 is 5.73 Å². The van der Waals surface area contributed by atoms with Crippen molar-refractivity contribution in [2.24, 2.45) is 0 Å². The minimum Gasteiger partial charge on any atom is -0.384 e. The van der Waals surface area contributed by atoms with Crippen molar-refractivity contribution in [2.45, 2.75) is 23.5 Å². The van der Waals surface area contributed by atoms with Crippen LogP contribution in [0.4, 0.5) is 5.82 Å². The molecule has 0 aliphatic carbocycles. The van der Waals surface area contributed by atoms with Crippen LogP contribution in [0.3, 0.4) is 0 Å². The Bertz CT molecular complexity index is 850. The lowest BCUT2D eigenvalue weighted by Crippen LogP contribution is -1.98. The molecule has 2 N–H and O–H groups in total. The van der Waals surface area contributed by atoms with Gasteiger partial charge in [0.2, 0.25) is 0 Å². The zero-order valence-corrected chi connectivity index (χ0v) is 15.9. The van der Waals surface area contributed by atoms with E-state index in [1.54, 1.807) is 40.9 Å². The smallest absolute Gasteiger partial charge is 0.190 e. The Kier molecular flexibility index (Phi) is 5.31. The van der Waals surface area contributed by atoms with Gasteiger partial charge in [-0.3, -0.25) is 0 Å². The monoisotopic (exact) mass is 382 g/mol. The minimum absolute atomic E-state index is 0.503. The zero-order valence-electron chi connectivity index (χ0n) is 12.7. The zero-order chi connectivity index (χ0) is 16.4. The predicted molar refractivity (Wildman–Crippen MR) is 102 cm³/mol. The topological polar surface area (TPSA) is 64.7 Å². The molecule has 0 unspecified atom stereocenters. The third kappa shape index (κ3) is 3.91. The Labute approximate surface area is 152 Å². The van der Waals surface area contributed by atoms with Crippen LogP contribution in [-0.2, 0) is 6.42 Å². The Balaban J connectivity index is 1.71. The standard InChI is InChI=1S/C15H15ClN4S3/c1-8-7-23-13-10(8)5-9(18-14(13)16)3-4-22-15-19-11(17)6-12(20-15)21-2/h5-7H,3-4H2,1-2H3,(H2,17,19,20). The Morgan fingerprint density at radius 1 is 1.26 bits per heavy atom. The number of nitrogen functional groups attached to an aromatic ring is 1. The van der Waals surface area contributed by atoms with Crippen molar-refractivity contribution in [2.75, 3.05) is 17.7 Å². The van der Waals surface area contributed by atoms with Gasteiger partial charge in [0.15, 0.2) is 5.16 Å². The number of hydrogen-bond donors (Lipinski definition) is 1. The third-order valence-corrected chi connectivity index (χ3v) is 6.25. The van der Waals surface area contributed by atoms with E-state index in [-0.39, 0.29) is 0 Å². The number of rotatable bonds is 5. The van der Waals surface area contributed by atoms with E-state index in [0.29, 0.717) is 16.1 Å². The molecule has 3 heterocycles. The Hall–Kier alpha value is -1.02. The van der Waals surface area contributed by atoms with Crippen LogP contribution in [0.5, 0.6) is 0 Å². The fourth-order valence-electron chi connectivity index (χ4n) is 2.13. The Morgan fingerprint density at radius 3 is 2.87 bits per heavy atom. The molecule has 8 heteroatoms. The normalized spacial score (nSPS) is 11.3. The number of thiophene rings is 1. The summed E-state index contributed by atoms with van der Waals surface area (Å²) in [7, 11) is 0. The molecular formula is C15H15ClN4S3. The molecule has 0 amide bonds. The highest BCUT2D eigenvalue weighted by atomic mass is 35.5. The number of nitrogens with two attached hydrogens (primary N) is 1. The summed E-state index contributed by atoms with van der Waals surface area (Å²) in [6.07, 6.45) is 2.78. The fourth-order valence-corrected chi connectivity index (χ4v) is 4.69. The highest BCUT2D eigenvalue weighted by molar-refractivity contribution is 7.99.